The maximum Gasteiger partial charge on any atom is 0.229 e. The number of aliphatic hydroxyl groups is 1. The predicted octanol–water partition coefficient (Wildman–Crippen LogP) is 0.0316. The number of sulfonamides is 1. The molecule has 1 aromatic rings. The summed E-state index contributed by atoms with van der Waals surface area (Å²) in [4.78, 5) is 24.3. The number of piperidine rings is 1. The van der Waals surface area contributed by atoms with Gasteiger partial charge in [-0.25, -0.2) is 13.1 Å². The zero-order chi connectivity index (χ0) is 17.8. The molecule has 0 saturated carbocycles. The Labute approximate surface area is 140 Å². The Morgan fingerprint density at radius 3 is 2.58 bits per heavy atom. The maximum absolute atomic E-state index is 12.0. The van der Waals surface area contributed by atoms with Crippen LogP contribution in [0.4, 0.5) is 0 Å². The van der Waals surface area contributed by atoms with E-state index in [1.165, 1.54) is 13.2 Å². The van der Waals surface area contributed by atoms with Gasteiger partial charge in [0, 0.05) is 32.4 Å². The number of carbonyl (C=O) groups is 2. The van der Waals surface area contributed by atoms with Crippen LogP contribution in [0, 0.1) is 0 Å². The summed E-state index contributed by atoms with van der Waals surface area (Å²) in [5.41, 5.74) is -1.32. The van der Waals surface area contributed by atoms with Gasteiger partial charge in [-0.3, -0.25) is 14.5 Å². The van der Waals surface area contributed by atoms with Gasteiger partial charge in [0.15, 0.2) is 0 Å². The van der Waals surface area contributed by atoms with Crippen molar-refractivity contribution in [2.45, 2.75) is 38.2 Å². The summed E-state index contributed by atoms with van der Waals surface area (Å²) < 4.78 is 31.5. The molecule has 0 aliphatic carbocycles. The van der Waals surface area contributed by atoms with Crippen molar-refractivity contribution in [1.29, 1.82) is 0 Å². The summed E-state index contributed by atoms with van der Waals surface area (Å²) in [6.07, 6.45) is 2.66. The van der Waals surface area contributed by atoms with E-state index in [2.05, 4.69) is 4.72 Å². The number of amides is 2. The molecule has 8 nitrogen and oxygen atoms in total. The fraction of sp³-hybridized carbons (Fsp3) is 0.600. The molecule has 0 radical (unpaired) electrons. The maximum atomic E-state index is 12.0. The number of nitrogens with zero attached hydrogens (tertiary/aromatic N) is 1. The number of likely N-dealkylation sites (tertiary alicyclic amines) is 1. The van der Waals surface area contributed by atoms with Gasteiger partial charge in [-0.15, -0.1) is 0 Å². The van der Waals surface area contributed by atoms with Gasteiger partial charge in [0.2, 0.25) is 21.8 Å². The first-order valence-electron chi connectivity index (χ1n) is 7.74. The molecule has 0 spiro atoms. The van der Waals surface area contributed by atoms with E-state index in [1.54, 1.807) is 12.1 Å². The molecule has 0 aromatic carbocycles. The van der Waals surface area contributed by atoms with Crippen molar-refractivity contribution < 1.29 is 27.5 Å². The molecule has 9 heteroatoms. The van der Waals surface area contributed by atoms with Crippen LogP contribution in [0.5, 0.6) is 0 Å². The van der Waals surface area contributed by atoms with Crippen molar-refractivity contribution in [3.05, 3.63) is 24.2 Å². The van der Waals surface area contributed by atoms with Gasteiger partial charge in [0.05, 0.1) is 17.6 Å². The van der Waals surface area contributed by atoms with Crippen LogP contribution in [0.3, 0.4) is 0 Å². The lowest BCUT2D eigenvalue weighted by Crippen LogP contribution is -2.46. The molecule has 1 aromatic heterocycles. The molecule has 1 atom stereocenters. The minimum atomic E-state index is -3.73. The first-order chi connectivity index (χ1) is 11.2. The third-order valence-electron chi connectivity index (χ3n) is 3.78. The molecule has 2 rings (SSSR count). The fourth-order valence-corrected chi connectivity index (χ4v) is 3.55. The van der Waals surface area contributed by atoms with Crippen molar-refractivity contribution >= 4 is 21.8 Å². The van der Waals surface area contributed by atoms with E-state index < -0.39 is 15.6 Å². The van der Waals surface area contributed by atoms with E-state index in [4.69, 9.17) is 4.42 Å². The second-order valence-electron chi connectivity index (χ2n) is 6.19. The first-order valence-corrected chi connectivity index (χ1v) is 9.39. The van der Waals surface area contributed by atoms with Crippen LogP contribution in [0.2, 0.25) is 0 Å². The van der Waals surface area contributed by atoms with Gasteiger partial charge in [-0.2, -0.15) is 0 Å². The summed E-state index contributed by atoms with van der Waals surface area (Å²) in [7, 11) is -3.73. The molecule has 24 heavy (non-hydrogen) atoms. The van der Waals surface area contributed by atoms with E-state index in [9.17, 15) is 23.1 Å². The Balaban J connectivity index is 1.84. The second kappa shape index (κ2) is 7.45. The third kappa shape index (κ3) is 5.43. The van der Waals surface area contributed by atoms with E-state index in [1.807, 2.05) is 0 Å². The van der Waals surface area contributed by atoms with Crippen LogP contribution in [-0.2, 0) is 26.0 Å². The van der Waals surface area contributed by atoms with Crippen LogP contribution in [0.25, 0.3) is 0 Å². The van der Waals surface area contributed by atoms with Gasteiger partial charge >= 0.3 is 0 Å². The van der Waals surface area contributed by atoms with Crippen LogP contribution in [-0.4, -0.2) is 54.7 Å². The normalized spacial score (nSPS) is 18.7. The minimum Gasteiger partial charge on any atom is -0.469 e. The number of imide groups is 1. The van der Waals surface area contributed by atoms with Crippen LogP contribution >= 0.6 is 0 Å². The van der Waals surface area contributed by atoms with Crippen molar-refractivity contribution in [1.82, 2.24) is 9.62 Å². The summed E-state index contributed by atoms with van der Waals surface area (Å²) in [6, 6.07) is 3.37. The molecule has 134 valence electrons. The number of rotatable bonds is 8. The molecule has 2 heterocycles. The highest BCUT2D eigenvalue weighted by Gasteiger charge is 2.29. The smallest absolute Gasteiger partial charge is 0.229 e. The van der Waals surface area contributed by atoms with Crippen LogP contribution in [0.15, 0.2) is 22.8 Å². The van der Waals surface area contributed by atoms with E-state index in [0.29, 0.717) is 12.2 Å². The highest BCUT2D eigenvalue weighted by molar-refractivity contribution is 7.89. The fourth-order valence-electron chi connectivity index (χ4n) is 2.45. The number of furan rings is 1. The first kappa shape index (κ1) is 18.6. The number of nitrogens with one attached hydrogen (secondary N) is 1. The van der Waals surface area contributed by atoms with Crippen LogP contribution in [0.1, 0.15) is 31.9 Å². The average Bonchev–Trinajstić information content (AvgIpc) is 2.97. The average molecular weight is 358 g/mol. The number of hydrogen-bond acceptors (Lipinski definition) is 6. The monoisotopic (exact) mass is 358 g/mol. The Kier molecular flexibility index (Phi) is 5.79. The zero-order valence-corrected chi connectivity index (χ0v) is 14.3. The summed E-state index contributed by atoms with van der Waals surface area (Å²) in [6.45, 7) is 1.13. The van der Waals surface area contributed by atoms with E-state index in [-0.39, 0.29) is 49.9 Å². The Bertz CT molecular complexity index is 665. The van der Waals surface area contributed by atoms with Gasteiger partial charge in [0.1, 0.15) is 5.76 Å². The van der Waals surface area contributed by atoms with Crippen molar-refractivity contribution in [3.8, 4) is 0 Å². The molecule has 2 amide bonds. The Morgan fingerprint density at radius 2 is 2.00 bits per heavy atom. The zero-order valence-electron chi connectivity index (χ0n) is 13.5. The largest absolute Gasteiger partial charge is 0.469 e. The summed E-state index contributed by atoms with van der Waals surface area (Å²) >= 11 is 0. The van der Waals surface area contributed by atoms with Crippen molar-refractivity contribution in [3.63, 3.8) is 0 Å². The topological polar surface area (TPSA) is 117 Å². The lowest BCUT2D eigenvalue weighted by atomic mass is 10.0. The summed E-state index contributed by atoms with van der Waals surface area (Å²) in [5.74, 6) is -0.525. The molecule has 2 N–H and O–H groups in total. The highest BCUT2D eigenvalue weighted by Crippen LogP contribution is 2.14. The molecule has 1 aliphatic heterocycles. The predicted molar refractivity (Wildman–Crippen MR) is 85.4 cm³/mol. The van der Waals surface area contributed by atoms with Crippen molar-refractivity contribution in [2.75, 3.05) is 18.8 Å². The van der Waals surface area contributed by atoms with Gasteiger partial charge in [-0.05, 0) is 25.5 Å². The van der Waals surface area contributed by atoms with Gasteiger partial charge in [-0.1, -0.05) is 0 Å². The SMILES string of the molecule is CC(O)(CNS(=O)(=O)CCN1C(=O)CCCC1=O)Cc1ccco1. The minimum absolute atomic E-state index is 0.158. The molecule has 1 fully saturated rings. The number of carbonyl (C=O) groups excluding carboxylic acids is 2. The Morgan fingerprint density at radius 1 is 1.33 bits per heavy atom. The molecular weight excluding hydrogens is 336 g/mol. The second-order valence-corrected chi connectivity index (χ2v) is 8.11. The van der Waals surface area contributed by atoms with Crippen LogP contribution < -0.4 is 4.72 Å². The van der Waals surface area contributed by atoms with Gasteiger partial charge in [0.25, 0.3) is 0 Å². The molecule has 1 unspecified atom stereocenters. The van der Waals surface area contributed by atoms with Crippen molar-refractivity contribution in [2.24, 2.45) is 0 Å². The van der Waals surface area contributed by atoms with E-state index in [0.717, 1.165) is 4.90 Å². The highest BCUT2D eigenvalue weighted by atomic mass is 32.2. The quantitative estimate of drug-likeness (QED) is 0.633. The number of hydrogen-bond donors (Lipinski definition) is 2. The standard InChI is InChI=1S/C15H22N2O6S/c1-15(20,10-12-4-3-8-23-12)11-16-24(21,22)9-7-17-13(18)5-2-6-14(17)19/h3-4,8,16,20H,2,5-7,9-11H2,1H3. The molecule has 0 bridgehead atoms. The lowest BCUT2D eigenvalue weighted by Gasteiger charge is -2.25. The molecular formula is C15H22N2O6S. The molecule has 1 saturated heterocycles. The van der Waals surface area contributed by atoms with Gasteiger partial charge < -0.3 is 9.52 Å². The lowest BCUT2D eigenvalue weighted by molar-refractivity contribution is -0.147. The summed E-state index contributed by atoms with van der Waals surface area (Å²) in [5, 5.41) is 10.2. The van der Waals surface area contributed by atoms with E-state index >= 15 is 0 Å². The molecule has 1 aliphatic rings. The third-order valence-corrected chi connectivity index (χ3v) is 5.08. The Hall–Kier alpha value is -1.71.